The van der Waals surface area contributed by atoms with E-state index in [-0.39, 0.29) is 12.7 Å². The van der Waals surface area contributed by atoms with Crippen LogP contribution in [0.5, 0.6) is 0 Å². The van der Waals surface area contributed by atoms with E-state index in [1.807, 2.05) is 35.7 Å². The summed E-state index contributed by atoms with van der Waals surface area (Å²) < 4.78 is 5.45. The van der Waals surface area contributed by atoms with Crippen LogP contribution in [0.15, 0.2) is 35.7 Å². The zero-order chi connectivity index (χ0) is 11.4. The largest absolute Gasteiger partial charge is 0.390 e. The molecule has 1 heterocycles. The Hall–Kier alpha value is -1.23. The first-order valence-corrected chi connectivity index (χ1v) is 5.86. The molecule has 0 fully saturated rings. The van der Waals surface area contributed by atoms with Crippen molar-refractivity contribution in [1.29, 1.82) is 0 Å². The quantitative estimate of drug-likeness (QED) is 0.884. The van der Waals surface area contributed by atoms with Gasteiger partial charge in [0.2, 0.25) is 0 Å². The average molecular weight is 235 g/mol. The standard InChI is InChI=1S/C12H13NO2S/c1-15-11(9-5-3-2-4-6-9)12-13-10(7-14)8-16-12/h2-6,8,11,14H,7H2,1H3. The normalized spacial score (nSPS) is 12.6. The molecule has 0 aliphatic heterocycles. The van der Waals surface area contributed by atoms with Gasteiger partial charge < -0.3 is 9.84 Å². The number of rotatable bonds is 4. The van der Waals surface area contributed by atoms with Gasteiger partial charge >= 0.3 is 0 Å². The summed E-state index contributed by atoms with van der Waals surface area (Å²) in [6, 6.07) is 9.93. The van der Waals surface area contributed by atoms with Crippen LogP contribution in [0.4, 0.5) is 0 Å². The van der Waals surface area contributed by atoms with Crippen molar-refractivity contribution in [2.75, 3.05) is 7.11 Å². The molecule has 4 heteroatoms. The van der Waals surface area contributed by atoms with Gasteiger partial charge in [-0.1, -0.05) is 30.3 Å². The van der Waals surface area contributed by atoms with Gasteiger partial charge in [0.1, 0.15) is 11.1 Å². The number of aliphatic hydroxyl groups is 1. The second-order valence-corrected chi connectivity index (χ2v) is 4.25. The molecule has 1 unspecified atom stereocenters. The third-order valence-electron chi connectivity index (χ3n) is 2.29. The zero-order valence-corrected chi connectivity index (χ0v) is 9.78. The zero-order valence-electron chi connectivity index (χ0n) is 8.96. The van der Waals surface area contributed by atoms with Crippen LogP contribution >= 0.6 is 11.3 Å². The average Bonchev–Trinajstić information content (AvgIpc) is 2.80. The SMILES string of the molecule is COC(c1ccccc1)c1nc(CO)cs1. The number of hydrogen-bond acceptors (Lipinski definition) is 4. The first-order chi connectivity index (χ1) is 7.85. The number of nitrogens with zero attached hydrogens (tertiary/aromatic N) is 1. The molecule has 0 aliphatic rings. The van der Waals surface area contributed by atoms with Gasteiger partial charge in [-0.05, 0) is 5.56 Å². The van der Waals surface area contributed by atoms with Crippen LogP contribution in [0.2, 0.25) is 0 Å². The fraction of sp³-hybridized carbons (Fsp3) is 0.250. The van der Waals surface area contributed by atoms with Crippen LogP contribution in [0.3, 0.4) is 0 Å². The Morgan fingerprint density at radius 2 is 2.12 bits per heavy atom. The van der Waals surface area contributed by atoms with Crippen LogP contribution in [-0.4, -0.2) is 17.2 Å². The highest BCUT2D eigenvalue weighted by atomic mass is 32.1. The monoisotopic (exact) mass is 235 g/mol. The Bertz CT molecular complexity index is 441. The van der Waals surface area contributed by atoms with Gasteiger partial charge in [-0.25, -0.2) is 4.98 Å². The van der Waals surface area contributed by atoms with E-state index >= 15 is 0 Å². The number of ether oxygens (including phenoxy) is 1. The van der Waals surface area contributed by atoms with E-state index in [4.69, 9.17) is 9.84 Å². The maximum absolute atomic E-state index is 8.98. The fourth-order valence-electron chi connectivity index (χ4n) is 1.52. The van der Waals surface area contributed by atoms with Crippen molar-refractivity contribution >= 4 is 11.3 Å². The summed E-state index contributed by atoms with van der Waals surface area (Å²) >= 11 is 1.51. The van der Waals surface area contributed by atoms with E-state index in [0.29, 0.717) is 5.69 Å². The van der Waals surface area contributed by atoms with Gasteiger partial charge in [0.15, 0.2) is 0 Å². The number of aromatic nitrogens is 1. The van der Waals surface area contributed by atoms with Crippen LogP contribution in [0.1, 0.15) is 22.4 Å². The summed E-state index contributed by atoms with van der Waals surface area (Å²) in [5, 5.41) is 11.7. The Labute approximate surface area is 98.4 Å². The van der Waals surface area contributed by atoms with Crippen LogP contribution in [0, 0.1) is 0 Å². The molecule has 1 aromatic carbocycles. The highest BCUT2D eigenvalue weighted by Gasteiger charge is 2.16. The minimum Gasteiger partial charge on any atom is -0.390 e. The molecule has 1 atom stereocenters. The molecular formula is C12H13NO2S. The summed E-state index contributed by atoms with van der Waals surface area (Å²) in [4.78, 5) is 4.32. The van der Waals surface area contributed by atoms with Gasteiger partial charge in [-0.2, -0.15) is 0 Å². The van der Waals surface area contributed by atoms with E-state index in [2.05, 4.69) is 4.98 Å². The molecule has 84 valence electrons. The minimum absolute atomic E-state index is 0.0261. The lowest BCUT2D eigenvalue weighted by atomic mass is 10.1. The first kappa shape index (κ1) is 11.3. The van der Waals surface area contributed by atoms with E-state index in [0.717, 1.165) is 10.6 Å². The molecule has 1 N–H and O–H groups in total. The van der Waals surface area contributed by atoms with E-state index in [1.54, 1.807) is 7.11 Å². The summed E-state index contributed by atoms with van der Waals surface area (Å²) in [5.41, 5.74) is 1.77. The van der Waals surface area contributed by atoms with E-state index in [9.17, 15) is 0 Å². The third-order valence-corrected chi connectivity index (χ3v) is 3.23. The molecule has 0 amide bonds. The number of hydrogen-bond donors (Lipinski definition) is 1. The molecule has 0 radical (unpaired) electrons. The highest BCUT2D eigenvalue weighted by Crippen LogP contribution is 2.27. The van der Waals surface area contributed by atoms with Crippen molar-refractivity contribution in [2.45, 2.75) is 12.7 Å². The van der Waals surface area contributed by atoms with Gasteiger partial charge in [0.05, 0.1) is 12.3 Å². The number of aliphatic hydroxyl groups excluding tert-OH is 1. The Morgan fingerprint density at radius 1 is 1.38 bits per heavy atom. The lowest BCUT2D eigenvalue weighted by Gasteiger charge is -2.12. The van der Waals surface area contributed by atoms with Crippen molar-refractivity contribution in [3.8, 4) is 0 Å². The molecule has 3 nitrogen and oxygen atoms in total. The minimum atomic E-state index is -0.147. The summed E-state index contributed by atoms with van der Waals surface area (Å²) in [6.07, 6.45) is -0.147. The Balaban J connectivity index is 2.29. The Kier molecular flexibility index (Phi) is 3.66. The summed E-state index contributed by atoms with van der Waals surface area (Å²) in [7, 11) is 1.66. The van der Waals surface area contributed by atoms with Crippen molar-refractivity contribution in [3.63, 3.8) is 0 Å². The second-order valence-electron chi connectivity index (χ2n) is 3.36. The van der Waals surface area contributed by atoms with Crippen molar-refractivity contribution < 1.29 is 9.84 Å². The van der Waals surface area contributed by atoms with Gasteiger partial charge in [0.25, 0.3) is 0 Å². The summed E-state index contributed by atoms with van der Waals surface area (Å²) in [6.45, 7) is -0.0261. The van der Waals surface area contributed by atoms with Gasteiger partial charge in [0, 0.05) is 12.5 Å². The van der Waals surface area contributed by atoms with Crippen molar-refractivity contribution in [2.24, 2.45) is 0 Å². The van der Waals surface area contributed by atoms with Gasteiger partial charge in [-0.15, -0.1) is 11.3 Å². The van der Waals surface area contributed by atoms with Crippen molar-refractivity contribution in [3.05, 3.63) is 52.0 Å². The molecule has 0 aliphatic carbocycles. The van der Waals surface area contributed by atoms with Crippen LogP contribution < -0.4 is 0 Å². The van der Waals surface area contributed by atoms with E-state index < -0.39 is 0 Å². The van der Waals surface area contributed by atoms with Gasteiger partial charge in [-0.3, -0.25) is 0 Å². The Morgan fingerprint density at radius 3 is 2.69 bits per heavy atom. The van der Waals surface area contributed by atoms with Crippen molar-refractivity contribution in [1.82, 2.24) is 4.98 Å². The molecule has 2 rings (SSSR count). The fourth-order valence-corrected chi connectivity index (χ4v) is 2.43. The molecule has 16 heavy (non-hydrogen) atoms. The van der Waals surface area contributed by atoms with E-state index in [1.165, 1.54) is 11.3 Å². The molecule has 0 saturated heterocycles. The molecule has 0 saturated carbocycles. The lowest BCUT2D eigenvalue weighted by Crippen LogP contribution is -2.03. The molecule has 1 aromatic heterocycles. The second kappa shape index (κ2) is 5.21. The topological polar surface area (TPSA) is 42.4 Å². The number of thiazole rings is 1. The number of benzene rings is 1. The molecule has 0 bridgehead atoms. The smallest absolute Gasteiger partial charge is 0.134 e. The molecular weight excluding hydrogens is 222 g/mol. The predicted octanol–water partition coefficient (Wildman–Crippen LogP) is 2.37. The predicted molar refractivity (Wildman–Crippen MR) is 63.3 cm³/mol. The maximum Gasteiger partial charge on any atom is 0.134 e. The maximum atomic E-state index is 8.98. The highest BCUT2D eigenvalue weighted by molar-refractivity contribution is 7.09. The van der Waals surface area contributed by atoms with Crippen LogP contribution in [-0.2, 0) is 11.3 Å². The third kappa shape index (κ3) is 2.29. The lowest BCUT2D eigenvalue weighted by molar-refractivity contribution is 0.136. The molecule has 2 aromatic rings. The number of methoxy groups -OCH3 is 1. The first-order valence-electron chi connectivity index (χ1n) is 4.98. The molecule has 0 spiro atoms. The summed E-state index contributed by atoms with van der Waals surface area (Å²) in [5.74, 6) is 0. The van der Waals surface area contributed by atoms with Crippen LogP contribution in [0.25, 0.3) is 0 Å².